The van der Waals surface area contributed by atoms with Crippen molar-refractivity contribution in [3.05, 3.63) is 63.2 Å². The summed E-state index contributed by atoms with van der Waals surface area (Å²) in [7, 11) is 1.62. The minimum Gasteiger partial charge on any atom is -0.497 e. The number of carbonyl (C=O) groups excluding carboxylic acids is 1. The standard InChI is InChI=1S/C19H20ClN3O4/c1-27-16-7-2-13(3-8-16)11-22(14-4-5-14)12-19(24)21-18-9-6-15(23(25)26)10-17(18)20/h2-3,6-10,14H,4-5,11-12H2,1H3,(H,21,24). The molecule has 1 saturated carbocycles. The minimum absolute atomic E-state index is 0.114. The zero-order valence-electron chi connectivity index (χ0n) is 14.9. The Morgan fingerprint density at radius 1 is 1.30 bits per heavy atom. The highest BCUT2D eigenvalue weighted by Crippen LogP contribution is 2.29. The summed E-state index contributed by atoms with van der Waals surface area (Å²) in [5.41, 5.74) is 1.36. The average molecular weight is 390 g/mol. The van der Waals surface area contributed by atoms with Gasteiger partial charge in [-0.15, -0.1) is 0 Å². The lowest BCUT2D eigenvalue weighted by Crippen LogP contribution is -2.34. The third kappa shape index (κ3) is 5.18. The predicted molar refractivity (Wildman–Crippen MR) is 103 cm³/mol. The van der Waals surface area contributed by atoms with E-state index in [-0.39, 0.29) is 23.2 Å². The van der Waals surface area contributed by atoms with Crippen LogP contribution in [-0.2, 0) is 11.3 Å². The molecule has 8 heteroatoms. The van der Waals surface area contributed by atoms with E-state index in [2.05, 4.69) is 10.2 Å². The van der Waals surface area contributed by atoms with Crippen molar-refractivity contribution in [2.24, 2.45) is 0 Å². The summed E-state index contributed by atoms with van der Waals surface area (Å²) >= 11 is 6.04. The molecule has 0 spiro atoms. The molecule has 0 aliphatic heterocycles. The number of nitrogens with zero attached hydrogens (tertiary/aromatic N) is 2. The molecule has 0 unspecified atom stereocenters. The van der Waals surface area contributed by atoms with Crippen LogP contribution in [0, 0.1) is 10.1 Å². The fraction of sp³-hybridized carbons (Fsp3) is 0.316. The Hall–Kier alpha value is -2.64. The minimum atomic E-state index is -0.527. The van der Waals surface area contributed by atoms with Crippen LogP contribution < -0.4 is 10.1 Å². The van der Waals surface area contributed by atoms with Gasteiger partial charge in [0.05, 0.1) is 29.3 Å². The van der Waals surface area contributed by atoms with Gasteiger partial charge in [0.2, 0.25) is 5.91 Å². The number of carbonyl (C=O) groups is 1. The van der Waals surface area contributed by atoms with Crippen LogP contribution in [0.2, 0.25) is 5.02 Å². The number of rotatable bonds is 8. The van der Waals surface area contributed by atoms with E-state index in [1.807, 2.05) is 24.3 Å². The summed E-state index contributed by atoms with van der Waals surface area (Å²) in [6, 6.07) is 12.2. The quantitative estimate of drug-likeness (QED) is 0.547. The molecular weight excluding hydrogens is 370 g/mol. The number of methoxy groups -OCH3 is 1. The molecule has 1 fully saturated rings. The first-order valence-electron chi connectivity index (χ1n) is 8.57. The molecule has 0 radical (unpaired) electrons. The first kappa shape index (κ1) is 19.1. The normalized spacial score (nSPS) is 13.4. The molecule has 2 aromatic carbocycles. The largest absolute Gasteiger partial charge is 0.497 e. The van der Waals surface area contributed by atoms with Crippen molar-refractivity contribution in [2.45, 2.75) is 25.4 Å². The van der Waals surface area contributed by atoms with Gasteiger partial charge < -0.3 is 10.1 Å². The molecule has 0 aromatic heterocycles. The van der Waals surface area contributed by atoms with Crippen molar-refractivity contribution in [2.75, 3.05) is 19.0 Å². The molecular formula is C19H20ClN3O4. The second-order valence-electron chi connectivity index (χ2n) is 6.45. The number of nitro groups is 1. The van der Waals surface area contributed by atoms with Crippen LogP contribution in [0.1, 0.15) is 18.4 Å². The van der Waals surface area contributed by atoms with Gasteiger partial charge in [0.25, 0.3) is 5.69 Å². The highest BCUT2D eigenvalue weighted by Gasteiger charge is 2.30. The first-order chi connectivity index (χ1) is 13.0. The van der Waals surface area contributed by atoms with Crippen LogP contribution in [0.4, 0.5) is 11.4 Å². The maximum absolute atomic E-state index is 12.5. The molecule has 27 heavy (non-hydrogen) atoms. The summed E-state index contributed by atoms with van der Waals surface area (Å²) in [4.78, 5) is 24.8. The summed E-state index contributed by atoms with van der Waals surface area (Å²) in [5, 5.41) is 13.7. The molecule has 142 valence electrons. The zero-order valence-corrected chi connectivity index (χ0v) is 15.6. The van der Waals surface area contributed by atoms with Gasteiger partial charge in [-0.05, 0) is 36.6 Å². The van der Waals surface area contributed by atoms with E-state index in [4.69, 9.17) is 16.3 Å². The summed E-state index contributed by atoms with van der Waals surface area (Å²) in [6.07, 6.45) is 2.14. The Morgan fingerprint density at radius 2 is 2.00 bits per heavy atom. The maximum Gasteiger partial charge on any atom is 0.271 e. The Labute approximate surface area is 162 Å². The van der Waals surface area contributed by atoms with E-state index in [1.54, 1.807) is 7.11 Å². The first-order valence-corrected chi connectivity index (χ1v) is 8.95. The topological polar surface area (TPSA) is 84.7 Å². The molecule has 7 nitrogen and oxygen atoms in total. The Bertz CT molecular complexity index is 837. The maximum atomic E-state index is 12.5. The van der Waals surface area contributed by atoms with Gasteiger partial charge in [0.1, 0.15) is 5.75 Å². The van der Waals surface area contributed by atoms with Gasteiger partial charge >= 0.3 is 0 Å². The van der Waals surface area contributed by atoms with E-state index in [9.17, 15) is 14.9 Å². The predicted octanol–water partition coefficient (Wildman–Crippen LogP) is 3.86. The molecule has 3 rings (SSSR count). The monoisotopic (exact) mass is 389 g/mol. The van der Waals surface area contributed by atoms with E-state index >= 15 is 0 Å². The van der Waals surface area contributed by atoms with E-state index in [1.165, 1.54) is 18.2 Å². The molecule has 1 N–H and O–H groups in total. The Kier molecular flexibility index (Phi) is 5.93. The number of nitrogens with one attached hydrogen (secondary N) is 1. The zero-order chi connectivity index (χ0) is 19.4. The van der Waals surface area contributed by atoms with Crippen LogP contribution in [-0.4, -0.2) is 35.4 Å². The third-order valence-electron chi connectivity index (χ3n) is 4.39. The summed E-state index contributed by atoms with van der Waals surface area (Å²) in [6.45, 7) is 0.889. The number of anilines is 1. The smallest absolute Gasteiger partial charge is 0.271 e. The lowest BCUT2D eigenvalue weighted by atomic mass is 10.2. The van der Waals surface area contributed by atoms with Gasteiger partial charge in [-0.25, -0.2) is 0 Å². The van der Waals surface area contributed by atoms with Crippen molar-refractivity contribution in [1.82, 2.24) is 4.90 Å². The number of hydrogen-bond acceptors (Lipinski definition) is 5. The average Bonchev–Trinajstić information content (AvgIpc) is 3.48. The van der Waals surface area contributed by atoms with Gasteiger partial charge in [-0.2, -0.15) is 0 Å². The molecule has 0 bridgehead atoms. The number of benzene rings is 2. The molecule has 1 amide bonds. The number of halogens is 1. The van der Waals surface area contributed by atoms with Gasteiger partial charge in [-0.3, -0.25) is 19.8 Å². The van der Waals surface area contributed by atoms with Crippen LogP contribution >= 0.6 is 11.6 Å². The fourth-order valence-corrected chi connectivity index (χ4v) is 3.03. The number of non-ortho nitro benzene ring substituents is 1. The van der Waals surface area contributed by atoms with Crippen LogP contribution in [0.5, 0.6) is 5.75 Å². The third-order valence-corrected chi connectivity index (χ3v) is 4.70. The second-order valence-corrected chi connectivity index (χ2v) is 6.86. The van der Waals surface area contributed by atoms with E-state index in [0.717, 1.165) is 24.2 Å². The van der Waals surface area contributed by atoms with Crippen molar-refractivity contribution in [1.29, 1.82) is 0 Å². The lowest BCUT2D eigenvalue weighted by Gasteiger charge is -2.21. The molecule has 1 aliphatic carbocycles. The molecule has 0 heterocycles. The van der Waals surface area contributed by atoms with E-state index < -0.39 is 4.92 Å². The van der Waals surface area contributed by atoms with Crippen molar-refractivity contribution in [3.63, 3.8) is 0 Å². The molecule has 0 atom stereocenters. The molecule has 0 saturated heterocycles. The number of amides is 1. The fourth-order valence-electron chi connectivity index (χ4n) is 2.81. The van der Waals surface area contributed by atoms with E-state index in [0.29, 0.717) is 18.3 Å². The van der Waals surface area contributed by atoms with Crippen molar-refractivity contribution >= 4 is 28.9 Å². The van der Waals surface area contributed by atoms with Crippen LogP contribution in [0.15, 0.2) is 42.5 Å². The van der Waals surface area contributed by atoms with Gasteiger partial charge in [-0.1, -0.05) is 23.7 Å². The lowest BCUT2D eigenvalue weighted by molar-refractivity contribution is -0.384. The highest BCUT2D eigenvalue weighted by atomic mass is 35.5. The highest BCUT2D eigenvalue weighted by molar-refractivity contribution is 6.34. The second kappa shape index (κ2) is 8.37. The van der Waals surface area contributed by atoms with Gasteiger partial charge in [0, 0.05) is 24.7 Å². The Morgan fingerprint density at radius 3 is 2.56 bits per heavy atom. The summed E-state index contributed by atoms with van der Waals surface area (Å²) < 4.78 is 5.17. The van der Waals surface area contributed by atoms with Gasteiger partial charge in [0.15, 0.2) is 0 Å². The Balaban J connectivity index is 1.62. The number of ether oxygens (including phenoxy) is 1. The van der Waals surface area contributed by atoms with Crippen molar-refractivity contribution in [3.8, 4) is 5.75 Å². The molecule has 1 aliphatic rings. The van der Waals surface area contributed by atoms with Crippen molar-refractivity contribution < 1.29 is 14.5 Å². The van der Waals surface area contributed by atoms with Crippen LogP contribution in [0.3, 0.4) is 0 Å². The SMILES string of the molecule is COc1ccc(CN(CC(=O)Nc2ccc([N+](=O)[O-])cc2Cl)C2CC2)cc1. The number of hydrogen-bond donors (Lipinski definition) is 1. The number of nitro benzene ring substituents is 1. The molecule has 2 aromatic rings. The summed E-state index contributed by atoms with van der Waals surface area (Å²) in [5.74, 6) is 0.591. The van der Waals surface area contributed by atoms with Crippen LogP contribution in [0.25, 0.3) is 0 Å².